The predicted molar refractivity (Wildman–Crippen MR) is 68.4 cm³/mol. The van der Waals surface area contributed by atoms with Crippen molar-refractivity contribution >= 4 is 23.1 Å². The van der Waals surface area contributed by atoms with E-state index in [2.05, 4.69) is 4.98 Å². The van der Waals surface area contributed by atoms with E-state index in [1.54, 1.807) is 6.07 Å². The minimum Gasteiger partial charge on any atom is -0.478 e. The lowest BCUT2D eigenvalue weighted by Crippen LogP contribution is -2.16. The van der Waals surface area contributed by atoms with Crippen LogP contribution in [0.15, 0.2) is 29.3 Å². The second-order valence-electron chi connectivity index (χ2n) is 4.06. The van der Waals surface area contributed by atoms with Crippen LogP contribution in [0.5, 0.6) is 0 Å². The summed E-state index contributed by atoms with van der Waals surface area (Å²) in [7, 11) is 0. The number of rotatable bonds is 2. The molecule has 1 aromatic carbocycles. The van der Waals surface area contributed by atoms with Gasteiger partial charge in [0.05, 0.1) is 10.9 Å². The van der Waals surface area contributed by atoms with Gasteiger partial charge >= 0.3 is 5.97 Å². The molecule has 1 N–H and O–H groups in total. The summed E-state index contributed by atoms with van der Waals surface area (Å²) in [5, 5.41) is 9.02. The Morgan fingerprint density at radius 3 is 2.67 bits per heavy atom. The van der Waals surface area contributed by atoms with Crippen molar-refractivity contribution in [3.63, 3.8) is 0 Å². The lowest BCUT2D eigenvalue weighted by molar-refractivity contribution is -0.131. The Balaban J connectivity index is 2.68. The fourth-order valence-electron chi connectivity index (χ4n) is 1.65. The maximum atomic E-state index is 12.1. The molecule has 0 bridgehead atoms. The zero-order chi connectivity index (χ0) is 13.3. The standard InChI is InChI=1S/C13H12N2O3/c1-8-5-10-11(6-9(8)2)14-7-15(13(10)18)4-3-12(16)17/h3-7H,1-2H3,(H,16,17)/b4-3+. The molecule has 5 nitrogen and oxygen atoms in total. The van der Waals surface area contributed by atoms with Crippen LogP contribution in [0.4, 0.5) is 0 Å². The number of hydrogen-bond donors (Lipinski definition) is 1. The van der Waals surface area contributed by atoms with E-state index >= 15 is 0 Å². The van der Waals surface area contributed by atoms with Crippen LogP contribution in [0.25, 0.3) is 17.1 Å². The summed E-state index contributed by atoms with van der Waals surface area (Å²) in [6, 6.07) is 3.61. The summed E-state index contributed by atoms with van der Waals surface area (Å²) in [6.45, 7) is 3.87. The summed E-state index contributed by atoms with van der Waals surface area (Å²) in [5.41, 5.74) is 2.40. The van der Waals surface area contributed by atoms with E-state index in [1.807, 2.05) is 19.9 Å². The summed E-state index contributed by atoms with van der Waals surface area (Å²) < 4.78 is 1.16. The van der Waals surface area contributed by atoms with Gasteiger partial charge in [0.1, 0.15) is 6.33 Å². The number of carboxylic acid groups (broad SMARTS) is 1. The van der Waals surface area contributed by atoms with Crippen LogP contribution in [-0.2, 0) is 4.79 Å². The van der Waals surface area contributed by atoms with Gasteiger partial charge in [0.15, 0.2) is 0 Å². The van der Waals surface area contributed by atoms with Crippen molar-refractivity contribution in [2.45, 2.75) is 13.8 Å². The van der Waals surface area contributed by atoms with Gasteiger partial charge in [0, 0.05) is 12.3 Å². The second-order valence-corrected chi connectivity index (χ2v) is 4.06. The van der Waals surface area contributed by atoms with Gasteiger partial charge in [-0.15, -0.1) is 0 Å². The molecule has 0 fully saturated rings. The van der Waals surface area contributed by atoms with E-state index in [1.165, 1.54) is 12.5 Å². The number of aliphatic carboxylic acids is 1. The first-order valence-electron chi connectivity index (χ1n) is 5.38. The Labute approximate surface area is 103 Å². The number of carboxylic acids is 1. The number of aryl methyl sites for hydroxylation is 2. The fourth-order valence-corrected chi connectivity index (χ4v) is 1.65. The first-order valence-corrected chi connectivity index (χ1v) is 5.38. The van der Waals surface area contributed by atoms with Crippen molar-refractivity contribution in [2.24, 2.45) is 0 Å². The molecule has 18 heavy (non-hydrogen) atoms. The average Bonchev–Trinajstić information content (AvgIpc) is 2.31. The molecular formula is C13H12N2O3. The summed E-state index contributed by atoms with van der Waals surface area (Å²) in [4.78, 5) is 26.6. The van der Waals surface area contributed by atoms with Gasteiger partial charge in [-0.05, 0) is 37.1 Å². The quantitative estimate of drug-likeness (QED) is 0.814. The van der Waals surface area contributed by atoms with Gasteiger partial charge in [-0.1, -0.05) is 0 Å². The van der Waals surface area contributed by atoms with Crippen LogP contribution in [-0.4, -0.2) is 20.6 Å². The molecule has 1 aromatic heterocycles. The molecule has 0 radical (unpaired) electrons. The van der Waals surface area contributed by atoms with Crippen molar-refractivity contribution < 1.29 is 9.90 Å². The topological polar surface area (TPSA) is 72.2 Å². The lowest BCUT2D eigenvalue weighted by atomic mass is 10.1. The van der Waals surface area contributed by atoms with Crippen LogP contribution in [0.3, 0.4) is 0 Å². The van der Waals surface area contributed by atoms with Crippen molar-refractivity contribution in [3.05, 3.63) is 46.0 Å². The zero-order valence-corrected chi connectivity index (χ0v) is 10.0. The van der Waals surface area contributed by atoms with Gasteiger partial charge < -0.3 is 5.11 Å². The third-order valence-corrected chi connectivity index (χ3v) is 2.78. The number of aromatic nitrogens is 2. The van der Waals surface area contributed by atoms with Gasteiger partial charge in [0.25, 0.3) is 5.56 Å². The number of hydrogen-bond acceptors (Lipinski definition) is 3. The number of nitrogens with zero attached hydrogens (tertiary/aromatic N) is 2. The Bertz CT molecular complexity index is 714. The zero-order valence-electron chi connectivity index (χ0n) is 10.0. The molecule has 5 heteroatoms. The smallest absolute Gasteiger partial charge is 0.329 e. The van der Waals surface area contributed by atoms with Crippen LogP contribution < -0.4 is 5.56 Å². The van der Waals surface area contributed by atoms with Crippen molar-refractivity contribution in [2.75, 3.05) is 0 Å². The van der Waals surface area contributed by atoms with E-state index in [0.717, 1.165) is 21.8 Å². The number of benzene rings is 1. The molecule has 1 heterocycles. The van der Waals surface area contributed by atoms with Crippen molar-refractivity contribution in [1.29, 1.82) is 0 Å². The van der Waals surface area contributed by atoms with Crippen LogP contribution in [0.1, 0.15) is 11.1 Å². The Kier molecular flexibility index (Phi) is 2.97. The van der Waals surface area contributed by atoms with Gasteiger partial charge in [-0.25, -0.2) is 9.78 Å². The predicted octanol–water partition coefficient (Wildman–Crippen LogP) is 1.57. The van der Waals surface area contributed by atoms with Crippen LogP contribution >= 0.6 is 0 Å². The van der Waals surface area contributed by atoms with Crippen LogP contribution in [0.2, 0.25) is 0 Å². The molecule has 0 saturated carbocycles. The van der Waals surface area contributed by atoms with E-state index in [9.17, 15) is 9.59 Å². The lowest BCUT2D eigenvalue weighted by Gasteiger charge is -2.04. The normalized spacial score (nSPS) is 11.2. The van der Waals surface area contributed by atoms with Gasteiger partial charge in [-0.2, -0.15) is 0 Å². The number of fused-ring (bicyclic) bond motifs is 1. The third kappa shape index (κ3) is 2.15. The maximum Gasteiger partial charge on any atom is 0.329 e. The highest BCUT2D eigenvalue weighted by molar-refractivity contribution is 5.83. The first kappa shape index (κ1) is 12.0. The molecule has 0 amide bonds. The summed E-state index contributed by atoms with van der Waals surface area (Å²) in [5.74, 6) is -1.11. The van der Waals surface area contributed by atoms with Crippen molar-refractivity contribution in [3.8, 4) is 0 Å². The molecule has 0 aliphatic heterocycles. The summed E-state index contributed by atoms with van der Waals surface area (Å²) >= 11 is 0. The highest BCUT2D eigenvalue weighted by Gasteiger charge is 2.04. The second kappa shape index (κ2) is 4.44. The van der Waals surface area contributed by atoms with Gasteiger partial charge in [0.2, 0.25) is 0 Å². The first-order chi connectivity index (χ1) is 8.49. The fraction of sp³-hybridized carbons (Fsp3) is 0.154. The Morgan fingerprint density at radius 1 is 1.33 bits per heavy atom. The molecule has 0 spiro atoms. The third-order valence-electron chi connectivity index (χ3n) is 2.78. The minimum absolute atomic E-state index is 0.277. The van der Waals surface area contributed by atoms with E-state index in [4.69, 9.17) is 5.11 Å². The maximum absolute atomic E-state index is 12.1. The monoisotopic (exact) mass is 244 g/mol. The van der Waals surface area contributed by atoms with Gasteiger partial charge in [-0.3, -0.25) is 9.36 Å². The Morgan fingerprint density at radius 2 is 2.00 bits per heavy atom. The highest BCUT2D eigenvalue weighted by Crippen LogP contribution is 2.14. The molecule has 92 valence electrons. The van der Waals surface area contributed by atoms with E-state index in [-0.39, 0.29) is 5.56 Å². The molecular weight excluding hydrogens is 232 g/mol. The van der Waals surface area contributed by atoms with Crippen LogP contribution in [0, 0.1) is 13.8 Å². The molecule has 0 saturated heterocycles. The molecule has 0 aliphatic carbocycles. The minimum atomic E-state index is -1.11. The molecule has 0 unspecified atom stereocenters. The molecule has 0 aliphatic rings. The molecule has 2 rings (SSSR count). The largest absolute Gasteiger partial charge is 0.478 e. The van der Waals surface area contributed by atoms with E-state index in [0.29, 0.717) is 10.9 Å². The Hall–Kier alpha value is -2.43. The van der Waals surface area contributed by atoms with Crippen molar-refractivity contribution in [1.82, 2.24) is 9.55 Å². The SMILES string of the molecule is Cc1cc2ncn(/C=C/C(=O)O)c(=O)c2cc1C. The molecule has 0 atom stereocenters. The highest BCUT2D eigenvalue weighted by atomic mass is 16.4. The molecule has 2 aromatic rings. The average molecular weight is 244 g/mol. The number of carbonyl (C=O) groups is 1. The summed E-state index contributed by atoms with van der Waals surface area (Å²) in [6.07, 6.45) is 3.40. The van der Waals surface area contributed by atoms with E-state index < -0.39 is 5.97 Å².